The smallest absolute Gasteiger partial charge is 0.136 e. The van der Waals surface area contributed by atoms with Crippen molar-refractivity contribution in [3.8, 4) is 0 Å². The maximum absolute atomic E-state index is 12.8. The van der Waals surface area contributed by atoms with Crippen LogP contribution in [0.2, 0.25) is 0 Å². The molecule has 0 radical (unpaired) electrons. The molecule has 6 atom stereocenters. The van der Waals surface area contributed by atoms with Crippen molar-refractivity contribution in [1.29, 1.82) is 0 Å². The number of rotatable bonds is 0. The van der Waals surface area contributed by atoms with Crippen LogP contribution in [0.1, 0.15) is 78.1 Å². The van der Waals surface area contributed by atoms with Crippen molar-refractivity contribution in [1.82, 2.24) is 0 Å². The summed E-state index contributed by atoms with van der Waals surface area (Å²) in [6, 6.07) is 0. The van der Waals surface area contributed by atoms with Gasteiger partial charge >= 0.3 is 0 Å². The molecule has 0 spiro atoms. The Balaban J connectivity index is 1.70. The van der Waals surface area contributed by atoms with Crippen LogP contribution in [0.5, 0.6) is 0 Å². The standard InChI is InChI=1S/C19H30O/c1-18-9-5-7-14(18)13-12-17(20)16-6-3-4-10-19(16,2)15(13)8-11-18/h13-16H,3-12H2,1-2H3/t13?,14?,15?,16?,18-,19+/m0/s1. The Bertz CT molecular complexity index is 427. The Morgan fingerprint density at radius 1 is 0.900 bits per heavy atom. The quantitative estimate of drug-likeness (QED) is 0.608. The van der Waals surface area contributed by atoms with Gasteiger partial charge in [0.1, 0.15) is 5.78 Å². The van der Waals surface area contributed by atoms with E-state index in [4.69, 9.17) is 0 Å². The zero-order chi connectivity index (χ0) is 14.0. The second-order valence-electron chi connectivity index (χ2n) is 8.94. The molecule has 0 saturated heterocycles. The van der Waals surface area contributed by atoms with E-state index in [1.807, 2.05) is 0 Å². The van der Waals surface area contributed by atoms with Crippen LogP contribution >= 0.6 is 0 Å². The van der Waals surface area contributed by atoms with Gasteiger partial charge in [0.2, 0.25) is 0 Å². The monoisotopic (exact) mass is 274 g/mol. The first-order valence-electron chi connectivity index (χ1n) is 9.07. The summed E-state index contributed by atoms with van der Waals surface area (Å²) in [6.07, 6.45) is 13.2. The predicted octanol–water partition coefficient (Wildman–Crippen LogP) is 4.99. The topological polar surface area (TPSA) is 17.1 Å². The van der Waals surface area contributed by atoms with Crippen LogP contribution in [-0.2, 0) is 4.79 Å². The molecule has 4 saturated carbocycles. The third-order valence-corrected chi connectivity index (χ3v) is 8.15. The lowest BCUT2D eigenvalue weighted by molar-refractivity contribution is -0.152. The molecule has 0 aromatic heterocycles. The first-order valence-corrected chi connectivity index (χ1v) is 9.07. The van der Waals surface area contributed by atoms with Gasteiger partial charge < -0.3 is 0 Å². The van der Waals surface area contributed by atoms with E-state index < -0.39 is 0 Å². The summed E-state index contributed by atoms with van der Waals surface area (Å²) in [6.45, 7) is 5.02. The van der Waals surface area contributed by atoms with E-state index in [1.54, 1.807) is 0 Å². The maximum Gasteiger partial charge on any atom is 0.136 e. The molecule has 4 rings (SSSR count). The summed E-state index contributed by atoms with van der Waals surface area (Å²) in [5, 5.41) is 0. The summed E-state index contributed by atoms with van der Waals surface area (Å²) >= 11 is 0. The van der Waals surface area contributed by atoms with Crippen LogP contribution in [0.3, 0.4) is 0 Å². The van der Waals surface area contributed by atoms with E-state index in [9.17, 15) is 4.79 Å². The minimum atomic E-state index is 0.363. The summed E-state index contributed by atoms with van der Waals surface area (Å²) in [5.41, 5.74) is 0.946. The third kappa shape index (κ3) is 1.64. The molecule has 4 aliphatic carbocycles. The molecule has 0 aromatic carbocycles. The first kappa shape index (κ1) is 13.3. The lowest BCUT2D eigenvalue weighted by Crippen LogP contribution is -2.55. The number of hydrogen-bond acceptors (Lipinski definition) is 1. The average molecular weight is 274 g/mol. The Hall–Kier alpha value is -0.330. The molecule has 0 heterocycles. The van der Waals surface area contributed by atoms with Crippen LogP contribution < -0.4 is 0 Å². The summed E-state index contributed by atoms with van der Waals surface area (Å²) in [7, 11) is 0. The zero-order valence-electron chi connectivity index (χ0n) is 13.3. The SMILES string of the molecule is C[C@@]12CCCC1C1CC(=O)C3CCCC[C@]3(C)C1CC2. The van der Waals surface area contributed by atoms with E-state index in [1.165, 1.54) is 57.8 Å². The van der Waals surface area contributed by atoms with Gasteiger partial charge in [0, 0.05) is 12.3 Å². The molecule has 1 nitrogen and oxygen atoms in total. The van der Waals surface area contributed by atoms with Crippen LogP contribution in [0.15, 0.2) is 0 Å². The van der Waals surface area contributed by atoms with E-state index >= 15 is 0 Å². The molecular weight excluding hydrogens is 244 g/mol. The van der Waals surface area contributed by atoms with Crippen molar-refractivity contribution in [3.63, 3.8) is 0 Å². The Kier molecular flexibility index (Phi) is 2.89. The first-order chi connectivity index (χ1) is 9.55. The molecule has 0 aromatic rings. The van der Waals surface area contributed by atoms with Crippen molar-refractivity contribution >= 4 is 5.78 Å². The number of hydrogen-bond donors (Lipinski definition) is 0. The van der Waals surface area contributed by atoms with Crippen molar-refractivity contribution in [3.05, 3.63) is 0 Å². The van der Waals surface area contributed by atoms with Gasteiger partial charge in [0.25, 0.3) is 0 Å². The van der Waals surface area contributed by atoms with Gasteiger partial charge in [-0.25, -0.2) is 0 Å². The third-order valence-electron chi connectivity index (χ3n) is 8.15. The fraction of sp³-hybridized carbons (Fsp3) is 0.947. The average Bonchev–Trinajstić information content (AvgIpc) is 2.81. The van der Waals surface area contributed by atoms with E-state index in [0.717, 1.165) is 24.2 Å². The molecule has 20 heavy (non-hydrogen) atoms. The maximum atomic E-state index is 12.8. The van der Waals surface area contributed by atoms with Crippen LogP contribution in [-0.4, -0.2) is 5.78 Å². The summed E-state index contributed by atoms with van der Waals surface area (Å²) in [5.74, 6) is 3.53. The molecular formula is C19H30O. The number of carbonyl (C=O) groups excluding carboxylic acids is 1. The second kappa shape index (κ2) is 4.34. The minimum absolute atomic E-state index is 0.363. The number of Topliss-reactive ketones (excluding diaryl/α,β-unsaturated/α-hetero) is 1. The highest BCUT2D eigenvalue weighted by Crippen LogP contribution is 2.65. The molecule has 4 fully saturated rings. The Morgan fingerprint density at radius 3 is 2.60 bits per heavy atom. The van der Waals surface area contributed by atoms with Crippen LogP contribution in [0, 0.1) is 34.5 Å². The number of ketones is 1. The fourth-order valence-electron chi connectivity index (χ4n) is 7.09. The Morgan fingerprint density at radius 2 is 1.75 bits per heavy atom. The largest absolute Gasteiger partial charge is 0.299 e. The Labute approximate surface area is 123 Å². The molecule has 0 N–H and O–H groups in total. The highest BCUT2D eigenvalue weighted by Gasteiger charge is 2.59. The van der Waals surface area contributed by atoms with E-state index in [-0.39, 0.29) is 0 Å². The minimum Gasteiger partial charge on any atom is -0.299 e. The van der Waals surface area contributed by atoms with Crippen LogP contribution in [0.4, 0.5) is 0 Å². The van der Waals surface area contributed by atoms with Gasteiger partial charge in [0.05, 0.1) is 0 Å². The molecule has 4 aliphatic rings. The fourth-order valence-corrected chi connectivity index (χ4v) is 7.09. The van der Waals surface area contributed by atoms with Gasteiger partial charge in [-0.05, 0) is 67.1 Å². The van der Waals surface area contributed by atoms with Crippen molar-refractivity contribution in [2.24, 2.45) is 34.5 Å². The highest BCUT2D eigenvalue weighted by atomic mass is 16.1. The second-order valence-corrected chi connectivity index (χ2v) is 8.94. The lowest BCUT2D eigenvalue weighted by Gasteiger charge is -2.59. The highest BCUT2D eigenvalue weighted by molar-refractivity contribution is 5.83. The van der Waals surface area contributed by atoms with Gasteiger partial charge in [-0.15, -0.1) is 0 Å². The molecule has 0 bridgehead atoms. The molecule has 1 heteroatoms. The van der Waals surface area contributed by atoms with Crippen molar-refractivity contribution in [2.45, 2.75) is 78.1 Å². The summed E-state index contributed by atoms with van der Waals surface area (Å²) < 4.78 is 0. The normalized spacial score (nSPS) is 55.0. The van der Waals surface area contributed by atoms with Gasteiger partial charge in [-0.3, -0.25) is 4.79 Å². The van der Waals surface area contributed by atoms with Crippen molar-refractivity contribution < 1.29 is 4.79 Å². The van der Waals surface area contributed by atoms with E-state index in [0.29, 0.717) is 22.5 Å². The van der Waals surface area contributed by atoms with E-state index in [2.05, 4.69) is 13.8 Å². The predicted molar refractivity (Wildman–Crippen MR) is 81.4 cm³/mol. The zero-order valence-corrected chi connectivity index (χ0v) is 13.3. The van der Waals surface area contributed by atoms with Crippen LogP contribution in [0.25, 0.3) is 0 Å². The molecule has 4 unspecified atom stereocenters. The molecule has 112 valence electrons. The van der Waals surface area contributed by atoms with Gasteiger partial charge in [-0.1, -0.05) is 33.1 Å². The molecule has 0 amide bonds. The van der Waals surface area contributed by atoms with Gasteiger partial charge in [-0.2, -0.15) is 0 Å². The van der Waals surface area contributed by atoms with Crippen molar-refractivity contribution in [2.75, 3.05) is 0 Å². The molecule has 0 aliphatic heterocycles. The summed E-state index contributed by atoms with van der Waals surface area (Å²) in [4.78, 5) is 12.8. The number of carbonyl (C=O) groups is 1. The number of fused-ring (bicyclic) bond motifs is 5. The van der Waals surface area contributed by atoms with Gasteiger partial charge in [0.15, 0.2) is 0 Å². The lowest BCUT2D eigenvalue weighted by atomic mass is 9.45.